The molecule has 0 bridgehead atoms. The Morgan fingerprint density at radius 1 is 0.923 bits per heavy atom. The van der Waals surface area contributed by atoms with Crippen LogP contribution in [0.25, 0.3) is 0 Å². The summed E-state index contributed by atoms with van der Waals surface area (Å²) in [5.41, 5.74) is 3.56. The molecule has 0 aliphatic carbocycles. The van der Waals surface area contributed by atoms with Gasteiger partial charge in [0.15, 0.2) is 5.96 Å². The molecule has 0 heterocycles. The van der Waals surface area contributed by atoms with Gasteiger partial charge in [0.25, 0.3) is 0 Å². The topological polar surface area (TPSA) is 54.9 Å². The lowest BCUT2D eigenvalue weighted by molar-refractivity contribution is 0.107. The molecule has 0 aliphatic heterocycles. The maximum atomic E-state index is 5.82. The van der Waals surface area contributed by atoms with Gasteiger partial charge in [0, 0.05) is 33.9 Å². The highest BCUT2D eigenvalue weighted by Crippen LogP contribution is 2.09. The lowest BCUT2D eigenvalue weighted by Crippen LogP contribution is -2.37. The third kappa shape index (κ3) is 7.68. The number of rotatable bonds is 10. The van der Waals surface area contributed by atoms with Crippen LogP contribution >= 0.6 is 0 Å². The first-order valence-electron chi connectivity index (χ1n) is 8.94. The first kappa shape index (κ1) is 19.9. The average Bonchev–Trinajstić information content (AvgIpc) is 2.69. The highest BCUT2D eigenvalue weighted by molar-refractivity contribution is 5.79. The first-order chi connectivity index (χ1) is 12.8. The molecule has 0 fully saturated rings. The summed E-state index contributed by atoms with van der Waals surface area (Å²) in [6.07, 6.45) is 0.950. The van der Waals surface area contributed by atoms with E-state index in [1.54, 1.807) is 14.2 Å². The number of benzene rings is 2. The van der Waals surface area contributed by atoms with E-state index in [-0.39, 0.29) is 0 Å². The van der Waals surface area contributed by atoms with Crippen molar-refractivity contribution in [2.45, 2.75) is 26.2 Å². The van der Waals surface area contributed by atoms with Crippen molar-refractivity contribution in [1.29, 1.82) is 0 Å². The van der Waals surface area contributed by atoms with E-state index in [9.17, 15) is 0 Å². The predicted molar refractivity (Wildman–Crippen MR) is 106 cm³/mol. The van der Waals surface area contributed by atoms with Crippen LogP contribution in [0.4, 0.5) is 0 Å². The minimum Gasteiger partial charge on any atom is -0.385 e. The fraction of sp³-hybridized carbons (Fsp3) is 0.381. The van der Waals surface area contributed by atoms with Crippen molar-refractivity contribution in [3.05, 3.63) is 71.3 Å². The fourth-order valence-corrected chi connectivity index (χ4v) is 2.52. The molecule has 2 aromatic rings. The van der Waals surface area contributed by atoms with Gasteiger partial charge in [-0.2, -0.15) is 0 Å². The van der Waals surface area contributed by atoms with Gasteiger partial charge in [0.2, 0.25) is 0 Å². The minimum absolute atomic E-state index is 0.604. The van der Waals surface area contributed by atoms with Gasteiger partial charge < -0.3 is 20.1 Å². The molecule has 0 aliphatic rings. The molecule has 2 aromatic carbocycles. The number of nitrogens with one attached hydrogen (secondary N) is 2. The van der Waals surface area contributed by atoms with E-state index < -0.39 is 0 Å². The van der Waals surface area contributed by atoms with Crippen molar-refractivity contribution in [2.75, 3.05) is 27.3 Å². The number of ether oxygens (including phenoxy) is 2. The molecule has 0 saturated carbocycles. The quantitative estimate of drug-likeness (QED) is 0.391. The molecule has 5 nitrogen and oxygen atoms in total. The second kappa shape index (κ2) is 12.1. The van der Waals surface area contributed by atoms with E-state index in [1.807, 2.05) is 18.2 Å². The van der Waals surface area contributed by atoms with E-state index in [1.165, 1.54) is 16.7 Å². The summed E-state index contributed by atoms with van der Waals surface area (Å²) in [7, 11) is 3.49. The van der Waals surface area contributed by atoms with E-state index in [4.69, 9.17) is 9.47 Å². The maximum absolute atomic E-state index is 5.82. The van der Waals surface area contributed by atoms with Crippen LogP contribution in [0.1, 0.15) is 23.1 Å². The Kier molecular flexibility index (Phi) is 9.25. The largest absolute Gasteiger partial charge is 0.385 e. The molecule has 0 amide bonds. The van der Waals surface area contributed by atoms with E-state index >= 15 is 0 Å². The Morgan fingerprint density at radius 2 is 1.65 bits per heavy atom. The van der Waals surface area contributed by atoms with Crippen LogP contribution in [-0.4, -0.2) is 33.3 Å². The van der Waals surface area contributed by atoms with Gasteiger partial charge in [-0.3, -0.25) is 4.99 Å². The molecule has 0 saturated heterocycles. The number of hydrogen-bond donors (Lipinski definition) is 2. The smallest absolute Gasteiger partial charge is 0.191 e. The molecular formula is C21H29N3O2. The molecule has 2 rings (SSSR count). The number of aliphatic imine (C=N–C) groups is 1. The molecule has 0 atom stereocenters. The van der Waals surface area contributed by atoms with Gasteiger partial charge in [-0.05, 0) is 23.1 Å². The lowest BCUT2D eigenvalue weighted by atomic mass is 10.1. The van der Waals surface area contributed by atoms with Crippen LogP contribution in [0, 0.1) is 0 Å². The van der Waals surface area contributed by atoms with Crippen molar-refractivity contribution in [3.63, 3.8) is 0 Å². The minimum atomic E-state index is 0.604. The Hall–Kier alpha value is -2.37. The first-order valence-corrected chi connectivity index (χ1v) is 8.94. The molecular weight excluding hydrogens is 326 g/mol. The highest BCUT2D eigenvalue weighted by atomic mass is 16.5. The van der Waals surface area contributed by atoms with Gasteiger partial charge in [-0.15, -0.1) is 0 Å². The van der Waals surface area contributed by atoms with Crippen molar-refractivity contribution in [1.82, 2.24) is 10.6 Å². The molecule has 5 heteroatoms. The summed E-state index contributed by atoms with van der Waals surface area (Å²) < 4.78 is 10.9. The Balaban J connectivity index is 1.75. The molecule has 140 valence electrons. The van der Waals surface area contributed by atoms with Gasteiger partial charge in [0.05, 0.1) is 13.2 Å². The zero-order chi connectivity index (χ0) is 18.5. The van der Waals surface area contributed by atoms with Crippen LogP contribution < -0.4 is 10.6 Å². The van der Waals surface area contributed by atoms with Gasteiger partial charge in [-0.1, -0.05) is 54.6 Å². The Bertz CT molecular complexity index is 659. The van der Waals surface area contributed by atoms with E-state index in [2.05, 4.69) is 52.0 Å². The lowest BCUT2D eigenvalue weighted by Gasteiger charge is -2.12. The number of methoxy groups -OCH3 is 1. The standard InChI is InChI=1S/C21H29N3O2/c1-22-21(23-12-7-13-25-2)24-15-19-10-6-11-20(14-19)17-26-16-18-8-4-3-5-9-18/h3-6,8-11,14H,7,12-13,15-17H2,1-2H3,(H2,22,23,24). The zero-order valence-corrected chi connectivity index (χ0v) is 15.7. The van der Waals surface area contributed by atoms with Crippen LogP contribution in [0.15, 0.2) is 59.6 Å². The molecule has 2 N–H and O–H groups in total. The number of hydrogen-bond acceptors (Lipinski definition) is 3. The summed E-state index contributed by atoms with van der Waals surface area (Å²) in [6, 6.07) is 18.6. The predicted octanol–water partition coefficient (Wildman–Crippen LogP) is 3.10. The van der Waals surface area contributed by atoms with Crippen molar-refractivity contribution >= 4 is 5.96 Å². The SMILES string of the molecule is CN=C(NCCCOC)NCc1cccc(COCc2ccccc2)c1. The summed E-state index contributed by atoms with van der Waals surface area (Å²) in [6.45, 7) is 3.53. The van der Waals surface area contributed by atoms with Crippen LogP contribution in [-0.2, 0) is 29.2 Å². The van der Waals surface area contributed by atoms with Crippen LogP contribution in [0.3, 0.4) is 0 Å². The van der Waals surface area contributed by atoms with Crippen molar-refractivity contribution in [3.8, 4) is 0 Å². The van der Waals surface area contributed by atoms with Gasteiger partial charge in [-0.25, -0.2) is 0 Å². The maximum Gasteiger partial charge on any atom is 0.191 e. The Labute approximate surface area is 156 Å². The molecule has 26 heavy (non-hydrogen) atoms. The second-order valence-corrected chi connectivity index (χ2v) is 6.00. The van der Waals surface area contributed by atoms with Crippen LogP contribution in [0.5, 0.6) is 0 Å². The normalized spacial score (nSPS) is 11.4. The zero-order valence-electron chi connectivity index (χ0n) is 15.7. The molecule has 0 spiro atoms. The van der Waals surface area contributed by atoms with E-state index in [0.717, 1.165) is 32.1 Å². The monoisotopic (exact) mass is 355 g/mol. The van der Waals surface area contributed by atoms with Gasteiger partial charge in [0.1, 0.15) is 0 Å². The molecule has 0 unspecified atom stereocenters. The summed E-state index contributed by atoms with van der Waals surface area (Å²) in [5, 5.41) is 6.60. The van der Waals surface area contributed by atoms with Crippen molar-refractivity contribution < 1.29 is 9.47 Å². The third-order valence-electron chi connectivity index (χ3n) is 3.87. The van der Waals surface area contributed by atoms with E-state index in [0.29, 0.717) is 13.2 Å². The number of guanidine groups is 1. The highest BCUT2D eigenvalue weighted by Gasteiger charge is 2.00. The summed E-state index contributed by atoms with van der Waals surface area (Å²) in [5.74, 6) is 0.798. The second-order valence-electron chi connectivity index (χ2n) is 6.00. The summed E-state index contributed by atoms with van der Waals surface area (Å²) in [4.78, 5) is 4.24. The third-order valence-corrected chi connectivity index (χ3v) is 3.87. The van der Waals surface area contributed by atoms with Crippen molar-refractivity contribution in [2.24, 2.45) is 4.99 Å². The van der Waals surface area contributed by atoms with Gasteiger partial charge >= 0.3 is 0 Å². The molecule has 0 aromatic heterocycles. The van der Waals surface area contributed by atoms with Crippen LogP contribution in [0.2, 0.25) is 0 Å². The number of nitrogens with zero attached hydrogens (tertiary/aromatic N) is 1. The Morgan fingerprint density at radius 3 is 2.42 bits per heavy atom. The average molecular weight is 355 g/mol. The molecule has 0 radical (unpaired) electrons. The fourth-order valence-electron chi connectivity index (χ4n) is 2.52. The summed E-state index contributed by atoms with van der Waals surface area (Å²) >= 11 is 0.